The SMILES string of the molecule is CCCCCC#CC(C)(O)C1SC1C. The largest absolute Gasteiger partial charge is 0.377 e. The molecule has 0 aromatic rings. The zero-order valence-corrected chi connectivity index (χ0v) is 10.2. The Kier molecular flexibility index (Phi) is 4.34. The fourth-order valence-corrected chi connectivity index (χ4v) is 2.51. The maximum absolute atomic E-state index is 9.99. The van der Waals surface area contributed by atoms with Gasteiger partial charge in [0.25, 0.3) is 0 Å². The Balaban J connectivity index is 2.27. The summed E-state index contributed by atoms with van der Waals surface area (Å²) in [5.74, 6) is 6.08. The third kappa shape index (κ3) is 3.55. The van der Waals surface area contributed by atoms with Crippen molar-refractivity contribution < 1.29 is 5.11 Å². The lowest BCUT2D eigenvalue weighted by Gasteiger charge is -2.13. The molecule has 0 radical (unpaired) electrons. The van der Waals surface area contributed by atoms with E-state index in [1.54, 1.807) is 0 Å². The van der Waals surface area contributed by atoms with Gasteiger partial charge in [0.1, 0.15) is 5.60 Å². The van der Waals surface area contributed by atoms with Crippen LogP contribution >= 0.6 is 11.8 Å². The maximum Gasteiger partial charge on any atom is 0.135 e. The van der Waals surface area contributed by atoms with Gasteiger partial charge in [0.15, 0.2) is 0 Å². The summed E-state index contributed by atoms with van der Waals surface area (Å²) in [5.41, 5.74) is -0.768. The molecule has 0 aliphatic carbocycles. The van der Waals surface area contributed by atoms with E-state index in [0.717, 1.165) is 12.8 Å². The summed E-state index contributed by atoms with van der Waals surface area (Å²) in [6.07, 6.45) is 4.56. The molecule has 1 rings (SSSR count). The fraction of sp³-hybridized carbons (Fsp3) is 0.833. The normalized spacial score (nSPS) is 28.9. The Morgan fingerprint density at radius 1 is 1.43 bits per heavy atom. The Hall–Kier alpha value is -0.130. The molecule has 3 unspecified atom stereocenters. The molecule has 2 heteroatoms. The van der Waals surface area contributed by atoms with Crippen LogP contribution in [0.3, 0.4) is 0 Å². The first-order valence-corrected chi connectivity index (χ1v) is 6.40. The Labute approximate surface area is 91.7 Å². The van der Waals surface area contributed by atoms with Gasteiger partial charge in [0, 0.05) is 11.7 Å². The fourth-order valence-electron chi connectivity index (χ4n) is 1.55. The van der Waals surface area contributed by atoms with Crippen molar-refractivity contribution in [3.8, 4) is 11.8 Å². The van der Waals surface area contributed by atoms with Crippen LogP contribution in [0.2, 0.25) is 0 Å². The van der Waals surface area contributed by atoms with Crippen LogP contribution in [0.1, 0.15) is 46.5 Å². The van der Waals surface area contributed by atoms with E-state index in [1.165, 1.54) is 12.8 Å². The summed E-state index contributed by atoms with van der Waals surface area (Å²) in [4.78, 5) is 0. The summed E-state index contributed by atoms with van der Waals surface area (Å²) in [7, 11) is 0. The van der Waals surface area contributed by atoms with Crippen LogP contribution in [0.5, 0.6) is 0 Å². The average molecular weight is 212 g/mol. The molecule has 14 heavy (non-hydrogen) atoms. The first kappa shape index (κ1) is 11.9. The number of unbranched alkanes of at least 4 members (excludes halogenated alkanes) is 3. The second-order valence-electron chi connectivity index (χ2n) is 4.17. The molecular weight excluding hydrogens is 192 g/mol. The minimum Gasteiger partial charge on any atom is -0.377 e. The highest BCUT2D eigenvalue weighted by Gasteiger charge is 2.47. The average Bonchev–Trinajstić information content (AvgIpc) is 2.83. The second kappa shape index (κ2) is 5.09. The van der Waals surface area contributed by atoms with Crippen LogP contribution in [0.25, 0.3) is 0 Å². The van der Waals surface area contributed by atoms with E-state index in [9.17, 15) is 5.11 Å². The minimum absolute atomic E-state index is 0.334. The highest BCUT2D eigenvalue weighted by Crippen LogP contribution is 2.47. The molecule has 1 aliphatic heterocycles. The topological polar surface area (TPSA) is 20.2 Å². The molecule has 0 bridgehead atoms. The molecule has 0 aromatic heterocycles. The number of rotatable bonds is 4. The third-order valence-corrected chi connectivity index (χ3v) is 4.06. The van der Waals surface area contributed by atoms with Gasteiger partial charge in [-0.25, -0.2) is 0 Å². The van der Waals surface area contributed by atoms with Gasteiger partial charge in [-0.15, -0.1) is 17.7 Å². The van der Waals surface area contributed by atoms with E-state index in [2.05, 4.69) is 25.7 Å². The molecule has 0 aromatic carbocycles. The molecule has 0 amide bonds. The van der Waals surface area contributed by atoms with Crippen LogP contribution in [0, 0.1) is 11.8 Å². The smallest absolute Gasteiger partial charge is 0.135 e. The van der Waals surface area contributed by atoms with E-state index in [0.29, 0.717) is 10.5 Å². The number of thioether (sulfide) groups is 1. The standard InChI is InChI=1S/C12H20OS/c1-4-5-6-7-8-9-12(3,13)11-10(2)14-11/h10-11,13H,4-7H2,1-3H3. The summed E-state index contributed by atoms with van der Waals surface area (Å²) < 4.78 is 0. The zero-order valence-electron chi connectivity index (χ0n) is 9.34. The van der Waals surface area contributed by atoms with Gasteiger partial charge >= 0.3 is 0 Å². The van der Waals surface area contributed by atoms with Crippen LogP contribution in [0.15, 0.2) is 0 Å². The minimum atomic E-state index is -0.768. The number of aliphatic hydroxyl groups is 1. The van der Waals surface area contributed by atoms with Gasteiger partial charge in [-0.3, -0.25) is 0 Å². The molecule has 1 nitrogen and oxygen atoms in total. The summed E-state index contributed by atoms with van der Waals surface area (Å²) in [6.45, 7) is 6.16. The summed E-state index contributed by atoms with van der Waals surface area (Å²) in [6, 6.07) is 0. The lowest BCUT2D eigenvalue weighted by atomic mass is 10.0. The maximum atomic E-state index is 9.99. The zero-order chi connectivity index (χ0) is 10.6. The van der Waals surface area contributed by atoms with Crippen LogP contribution < -0.4 is 0 Å². The lowest BCUT2D eigenvalue weighted by Crippen LogP contribution is -2.29. The van der Waals surface area contributed by atoms with Crippen molar-refractivity contribution in [2.45, 2.75) is 62.6 Å². The predicted octanol–water partition coefficient (Wildman–Crippen LogP) is 2.83. The molecule has 1 fully saturated rings. The molecule has 0 spiro atoms. The first-order chi connectivity index (χ1) is 6.58. The molecule has 80 valence electrons. The molecule has 1 N–H and O–H groups in total. The first-order valence-electron chi connectivity index (χ1n) is 5.46. The molecular formula is C12H20OS. The van der Waals surface area contributed by atoms with Gasteiger partial charge in [-0.1, -0.05) is 32.6 Å². The van der Waals surface area contributed by atoms with E-state index in [4.69, 9.17) is 0 Å². The number of hydrogen-bond donors (Lipinski definition) is 1. The van der Waals surface area contributed by atoms with Crippen LogP contribution in [0.4, 0.5) is 0 Å². The summed E-state index contributed by atoms with van der Waals surface area (Å²) >= 11 is 1.81. The van der Waals surface area contributed by atoms with Crippen LogP contribution in [-0.2, 0) is 0 Å². The van der Waals surface area contributed by atoms with Gasteiger partial charge < -0.3 is 5.11 Å². The Morgan fingerprint density at radius 3 is 2.57 bits per heavy atom. The van der Waals surface area contributed by atoms with Crippen LogP contribution in [-0.4, -0.2) is 21.2 Å². The highest BCUT2D eigenvalue weighted by atomic mass is 32.2. The number of hydrogen-bond acceptors (Lipinski definition) is 2. The Bertz CT molecular complexity index is 236. The van der Waals surface area contributed by atoms with E-state index in [1.807, 2.05) is 18.7 Å². The van der Waals surface area contributed by atoms with Crippen molar-refractivity contribution in [1.82, 2.24) is 0 Å². The van der Waals surface area contributed by atoms with Gasteiger partial charge in [-0.2, -0.15) is 0 Å². The lowest BCUT2D eigenvalue weighted by molar-refractivity contribution is 0.128. The molecule has 1 saturated heterocycles. The molecule has 1 heterocycles. The second-order valence-corrected chi connectivity index (χ2v) is 5.69. The Morgan fingerprint density at radius 2 is 2.07 bits per heavy atom. The van der Waals surface area contributed by atoms with Crippen molar-refractivity contribution in [3.63, 3.8) is 0 Å². The molecule has 1 aliphatic rings. The van der Waals surface area contributed by atoms with E-state index in [-0.39, 0.29) is 0 Å². The van der Waals surface area contributed by atoms with Gasteiger partial charge in [0.2, 0.25) is 0 Å². The van der Waals surface area contributed by atoms with Crippen molar-refractivity contribution in [2.24, 2.45) is 0 Å². The van der Waals surface area contributed by atoms with Crippen molar-refractivity contribution in [1.29, 1.82) is 0 Å². The van der Waals surface area contributed by atoms with E-state index < -0.39 is 5.60 Å². The van der Waals surface area contributed by atoms with Crippen molar-refractivity contribution in [3.05, 3.63) is 0 Å². The van der Waals surface area contributed by atoms with Gasteiger partial charge in [-0.05, 0) is 13.3 Å². The highest BCUT2D eigenvalue weighted by molar-refractivity contribution is 8.07. The molecule has 3 atom stereocenters. The van der Waals surface area contributed by atoms with Gasteiger partial charge in [0.05, 0.1) is 5.25 Å². The predicted molar refractivity (Wildman–Crippen MR) is 63.4 cm³/mol. The van der Waals surface area contributed by atoms with E-state index >= 15 is 0 Å². The monoisotopic (exact) mass is 212 g/mol. The quantitative estimate of drug-likeness (QED) is 0.439. The van der Waals surface area contributed by atoms with Crippen molar-refractivity contribution in [2.75, 3.05) is 0 Å². The third-order valence-electron chi connectivity index (χ3n) is 2.51. The summed E-state index contributed by atoms with van der Waals surface area (Å²) in [5, 5.41) is 10.9. The molecule has 0 saturated carbocycles. The van der Waals surface area contributed by atoms with Crippen molar-refractivity contribution >= 4 is 11.8 Å².